The smallest absolute Gasteiger partial charge is 0.274 e. The van der Waals surface area contributed by atoms with Crippen LogP contribution in [0.2, 0.25) is 0 Å². The predicted octanol–water partition coefficient (Wildman–Crippen LogP) is 2.41. The van der Waals surface area contributed by atoms with Gasteiger partial charge in [-0.2, -0.15) is 0 Å². The minimum Gasteiger partial charge on any atom is -0.354 e. The molecule has 1 amide bonds. The van der Waals surface area contributed by atoms with Crippen LogP contribution in [0.5, 0.6) is 0 Å². The van der Waals surface area contributed by atoms with E-state index < -0.39 is 0 Å². The Bertz CT molecular complexity index is 781. The number of carbonyl (C=O) groups is 1. The number of amides is 1. The van der Waals surface area contributed by atoms with Gasteiger partial charge in [0.15, 0.2) is 0 Å². The molecule has 25 heavy (non-hydrogen) atoms. The van der Waals surface area contributed by atoms with E-state index in [0.29, 0.717) is 11.5 Å². The Morgan fingerprint density at radius 2 is 1.80 bits per heavy atom. The highest BCUT2D eigenvalue weighted by Crippen LogP contribution is 2.20. The molecule has 2 heterocycles. The van der Waals surface area contributed by atoms with E-state index in [1.807, 2.05) is 39.0 Å². The molecule has 6 nitrogen and oxygen atoms in total. The van der Waals surface area contributed by atoms with Crippen molar-refractivity contribution in [3.63, 3.8) is 0 Å². The van der Waals surface area contributed by atoms with Crippen molar-refractivity contribution in [1.82, 2.24) is 14.9 Å². The fraction of sp³-hybridized carbons (Fsp3) is 0.421. The molecule has 1 aliphatic rings. The summed E-state index contributed by atoms with van der Waals surface area (Å²) < 4.78 is 0. The Labute approximate surface area is 148 Å². The Balaban J connectivity index is 1.82. The third-order valence-corrected chi connectivity index (χ3v) is 4.74. The zero-order valence-electron chi connectivity index (χ0n) is 15.3. The van der Waals surface area contributed by atoms with Crippen LogP contribution in [0.1, 0.15) is 27.4 Å². The summed E-state index contributed by atoms with van der Waals surface area (Å²) in [6, 6.07) is 7.68. The highest BCUT2D eigenvalue weighted by molar-refractivity contribution is 6.03. The van der Waals surface area contributed by atoms with Crippen LogP contribution in [0.15, 0.2) is 24.3 Å². The molecule has 0 spiro atoms. The van der Waals surface area contributed by atoms with Gasteiger partial charge in [-0.1, -0.05) is 12.1 Å². The second-order valence-electron chi connectivity index (χ2n) is 6.65. The average Bonchev–Trinajstić information content (AvgIpc) is 2.59. The molecule has 1 aromatic heterocycles. The number of nitrogens with zero attached hydrogens (tertiary/aromatic N) is 4. The molecule has 0 saturated carbocycles. The summed E-state index contributed by atoms with van der Waals surface area (Å²) in [6.45, 7) is 9.67. The van der Waals surface area contributed by atoms with E-state index >= 15 is 0 Å². The highest BCUT2D eigenvalue weighted by atomic mass is 16.1. The maximum Gasteiger partial charge on any atom is 0.274 e. The average molecular weight is 339 g/mol. The number of likely N-dealkylation sites (N-methyl/N-ethyl adjacent to an activating group) is 1. The number of aromatic nitrogens is 2. The van der Waals surface area contributed by atoms with E-state index in [1.54, 1.807) is 6.07 Å². The van der Waals surface area contributed by atoms with Crippen LogP contribution in [0.4, 0.5) is 11.5 Å². The normalized spacial score (nSPS) is 15.3. The lowest BCUT2D eigenvalue weighted by Gasteiger charge is -2.33. The molecule has 1 aliphatic heterocycles. The number of nitrogens with one attached hydrogen (secondary N) is 1. The molecule has 1 fully saturated rings. The van der Waals surface area contributed by atoms with Gasteiger partial charge in [-0.25, -0.2) is 9.97 Å². The van der Waals surface area contributed by atoms with E-state index in [2.05, 4.69) is 32.1 Å². The summed E-state index contributed by atoms with van der Waals surface area (Å²) >= 11 is 0. The fourth-order valence-corrected chi connectivity index (χ4v) is 2.94. The molecule has 0 aliphatic carbocycles. The molecule has 1 N–H and O–H groups in total. The van der Waals surface area contributed by atoms with Crippen molar-refractivity contribution >= 4 is 17.4 Å². The number of anilines is 2. The van der Waals surface area contributed by atoms with E-state index in [-0.39, 0.29) is 5.91 Å². The van der Waals surface area contributed by atoms with Crippen LogP contribution in [-0.4, -0.2) is 54.0 Å². The van der Waals surface area contributed by atoms with Crippen LogP contribution in [0, 0.1) is 20.8 Å². The minimum atomic E-state index is -0.199. The van der Waals surface area contributed by atoms with E-state index in [9.17, 15) is 4.79 Å². The predicted molar refractivity (Wildman–Crippen MR) is 100 cm³/mol. The van der Waals surface area contributed by atoms with Crippen LogP contribution in [0.3, 0.4) is 0 Å². The minimum absolute atomic E-state index is 0.199. The zero-order valence-corrected chi connectivity index (χ0v) is 15.3. The molecule has 1 aromatic carbocycles. The molecular formula is C19H25N5O. The van der Waals surface area contributed by atoms with E-state index in [4.69, 9.17) is 0 Å². The SMILES string of the molecule is Cc1nc(C(=O)Nc2cccc(C)c2C)cc(N2CCN(C)CC2)n1. The second-order valence-corrected chi connectivity index (χ2v) is 6.65. The lowest BCUT2D eigenvalue weighted by Crippen LogP contribution is -2.45. The standard InChI is InChI=1S/C19H25N5O/c1-13-6-5-7-16(14(13)2)22-19(25)17-12-18(21-15(3)20-17)24-10-8-23(4)9-11-24/h5-7,12H,8-11H2,1-4H3,(H,22,25). The first-order valence-corrected chi connectivity index (χ1v) is 8.61. The summed E-state index contributed by atoms with van der Waals surface area (Å²) in [7, 11) is 2.12. The third-order valence-electron chi connectivity index (χ3n) is 4.74. The Morgan fingerprint density at radius 3 is 2.52 bits per heavy atom. The number of carbonyl (C=O) groups excluding carboxylic acids is 1. The fourth-order valence-electron chi connectivity index (χ4n) is 2.94. The molecule has 0 atom stereocenters. The number of benzene rings is 1. The summed E-state index contributed by atoms with van der Waals surface area (Å²) in [6.07, 6.45) is 0. The first-order chi connectivity index (χ1) is 11.9. The molecule has 0 radical (unpaired) electrons. The Kier molecular flexibility index (Phi) is 4.99. The molecule has 6 heteroatoms. The molecule has 132 valence electrons. The highest BCUT2D eigenvalue weighted by Gasteiger charge is 2.18. The molecule has 0 unspecified atom stereocenters. The zero-order chi connectivity index (χ0) is 18.0. The first kappa shape index (κ1) is 17.4. The number of rotatable bonds is 3. The second kappa shape index (κ2) is 7.19. The number of hydrogen-bond acceptors (Lipinski definition) is 5. The molecule has 0 bridgehead atoms. The maximum atomic E-state index is 12.7. The molecule has 2 aromatic rings. The maximum absolute atomic E-state index is 12.7. The van der Waals surface area contributed by atoms with Gasteiger partial charge < -0.3 is 15.1 Å². The van der Waals surface area contributed by atoms with Crippen molar-refractivity contribution in [1.29, 1.82) is 0 Å². The van der Waals surface area contributed by atoms with Crippen LogP contribution >= 0.6 is 0 Å². The largest absolute Gasteiger partial charge is 0.354 e. The molecule has 3 rings (SSSR count). The van der Waals surface area contributed by atoms with Gasteiger partial charge in [0.1, 0.15) is 17.3 Å². The van der Waals surface area contributed by atoms with Crippen molar-refractivity contribution in [3.05, 3.63) is 46.9 Å². The number of aryl methyl sites for hydroxylation is 2. The number of piperazine rings is 1. The van der Waals surface area contributed by atoms with E-state index in [0.717, 1.165) is 48.8 Å². The molecule has 1 saturated heterocycles. The van der Waals surface area contributed by atoms with Crippen molar-refractivity contribution in [2.75, 3.05) is 43.4 Å². The van der Waals surface area contributed by atoms with Crippen molar-refractivity contribution in [2.24, 2.45) is 0 Å². The van der Waals surface area contributed by atoms with Crippen molar-refractivity contribution in [3.8, 4) is 0 Å². The van der Waals surface area contributed by atoms with Gasteiger partial charge in [-0.05, 0) is 45.0 Å². The summed E-state index contributed by atoms with van der Waals surface area (Å²) in [4.78, 5) is 26.0. The lowest BCUT2D eigenvalue weighted by molar-refractivity contribution is 0.102. The topological polar surface area (TPSA) is 61.4 Å². The summed E-state index contributed by atoms with van der Waals surface area (Å²) in [5.74, 6) is 1.24. The van der Waals surface area contributed by atoms with Gasteiger partial charge in [-0.15, -0.1) is 0 Å². The molecular weight excluding hydrogens is 314 g/mol. The number of hydrogen-bond donors (Lipinski definition) is 1. The van der Waals surface area contributed by atoms with Gasteiger partial charge in [0.25, 0.3) is 5.91 Å². The van der Waals surface area contributed by atoms with Crippen LogP contribution < -0.4 is 10.2 Å². The summed E-state index contributed by atoms with van der Waals surface area (Å²) in [5.41, 5.74) is 3.44. The Hall–Kier alpha value is -2.47. The van der Waals surface area contributed by atoms with Gasteiger partial charge in [-0.3, -0.25) is 4.79 Å². The quantitative estimate of drug-likeness (QED) is 0.930. The van der Waals surface area contributed by atoms with Gasteiger partial charge >= 0.3 is 0 Å². The first-order valence-electron chi connectivity index (χ1n) is 8.61. The summed E-state index contributed by atoms with van der Waals surface area (Å²) in [5, 5.41) is 2.98. The third kappa shape index (κ3) is 3.96. The van der Waals surface area contributed by atoms with Gasteiger partial charge in [0, 0.05) is 37.9 Å². The van der Waals surface area contributed by atoms with Crippen LogP contribution in [-0.2, 0) is 0 Å². The van der Waals surface area contributed by atoms with Crippen LogP contribution in [0.25, 0.3) is 0 Å². The van der Waals surface area contributed by atoms with Gasteiger partial charge in [0.05, 0.1) is 0 Å². The van der Waals surface area contributed by atoms with Crippen molar-refractivity contribution in [2.45, 2.75) is 20.8 Å². The van der Waals surface area contributed by atoms with Crippen molar-refractivity contribution < 1.29 is 4.79 Å². The Morgan fingerprint density at radius 1 is 1.08 bits per heavy atom. The lowest BCUT2D eigenvalue weighted by atomic mass is 10.1. The monoisotopic (exact) mass is 339 g/mol. The van der Waals surface area contributed by atoms with E-state index in [1.165, 1.54) is 0 Å². The van der Waals surface area contributed by atoms with Gasteiger partial charge in [0.2, 0.25) is 0 Å².